The largest absolute Gasteiger partial charge is 0.378 e. The number of rotatable bonds is 9. The maximum absolute atomic E-state index is 12.2. The Labute approximate surface area is 164 Å². The van der Waals surface area contributed by atoms with Crippen LogP contribution in [0.1, 0.15) is 27.7 Å². The maximum Gasteiger partial charge on any atom is 0.242 e. The summed E-state index contributed by atoms with van der Waals surface area (Å²) in [6.07, 6.45) is 0. The van der Waals surface area contributed by atoms with E-state index in [1.807, 2.05) is 6.92 Å². The molecule has 0 radical (unpaired) electrons. The molecule has 1 aromatic heterocycles. The van der Waals surface area contributed by atoms with Crippen LogP contribution in [0.25, 0.3) is 0 Å². The van der Waals surface area contributed by atoms with E-state index in [4.69, 9.17) is 4.74 Å². The first kappa shape index (κ1) is 21.5. The molecule has 2 N–H and O–H groups in total. The number of carbonyl (C=O) groups is 2. The summed E-state index contributed by atoms with van der Waals surface area (Å²) in [5.74, 6) is 1.04. The van der Waals surface area contributed by atoms with Crippen molar-refractivity contribution >= 4 is 29.5 Å². The van der Waals surface area contributed by atoms with Gasteiger partial charge in [-0.3, -0.25) is 14.2 Å². The van der Waals surface area contributed by atoms with Gasteiger partial charge in [-0.15, -0.1) is 10.2 Å². The minimum absolute atomic E-state index is 0.184. The fraction of sp³-hybridized carbons (Fsp3) is 0.765. The van der Waals surface area contributed by atoms with Gasteiger partial charge in [-0.25, -0.2) is 0 Å². The molecule has 1 aromatic rings. The number of hydrogen-bond donors (Lipinski definition) is 2. The Morgan fingerprint density at radius 2 is 1.93 bits per heavy atom. The lowest BCUT2D eigenvalue weighted by Gasteiger charge is -2.28. The molecule has 0 bridgehead atoms. The quantitative estimate of drug-likeness (QED) is 0.584. The Morgan fingerprint density at radius 1 is 1.22 bits per heavy atom. The van der Waals surface area contributed by atoms with Crippen LogP contribution in [-0.2, 0) is 20.9 Å². The summed E-state index contributed by atoms with van der Waals surface area (Å²) in [6, 6.07) is -0.560. The Balaban J connectivity index is 1.99. The number of likely N-dealkylation sites (N-methyl/N-ethyl adjacent to an activating group) is 1. The fourth-order valence-corrected chi connectivity index (χ4v) is 3.47. The third kappa shape index (κ3) is 6.39. The van der Waals surface area contributed by atoms with Crippen LogP contribution in [0.4, 0.5) is 5.95 Å². The molecule has 1 aliphatic heterocycles. The molecule has 1 saturated heterocycles. The molecule has 0 aliphatic carbocycles. The maximum atomic E-state index is 12.2. The Bertz CT molecular complexity index is 630. The Kier molecular flexibility index (Phi) is 8.36. The first-order chi connectivity index (χ1) is 12.9. The average molecular weight is 399 g/mol. The number of morpholine rings is 1. The molecule has 27 heavy (non-hydrogen) atoms. The normalized spacial score (nSPS) is 15.7. The van der Waals surface area contributed by atoms with Gasteiger partial charge in [-0.05, 0) is 19.8 Å². The number of carbonyl (C=O) groups excluding carboxylic acids is 2. The molecule has 1 fully saturated rings. The monoisotopic (exact) mass is 398 g/mol. The molecule has 1 atom stereocenters. The second-order valence-corrected chi connectivity index (χ2v) is 7.80. The molecule has 2 heterocycles. The molecule has 0 saturated carbocycles. The Morgan fingerprint density at radius 3 is 2.56 bits per heavy atom. The van der Waals surface area contributed by atoms with Gasteiger partial charge >= 0.3 is 0 Å². The first-order valence-corrected chi connectivity index (χ1v) is 10.4. The zero-order valence-corrected chi connectivity index (χ0v) is 17.3. The predicted octanol–water partition coefficient (Wildman–Crippen LogP) is 0.504. The van der Waals surface area contributed by atoms with Gasteiger partial charge in [0, 0.05) is 26.2 Å². The molecule has 9 nitrogen and oxygen atoms in total. The van der Waals surface area contributed by atoms with Crippen molar-refractivity contribution in [3.63, 3.8) is 0 Å². The van der Waals surface area contributed by atoms with Gasteiger partial charge in [-0.1, -0.05) is 25.6 Å². The summed E-state index contributed by atoms with van der Waals surface area (Å²) in [5, 5.41) is 14.8. The summed E-state index contributed by atoms with van der Waals surface area (Å²) in [4.78, 5) is 26.1. The summed E-state index contributed by atoms with van der Waals surface area (Å²) >= 11 is 1.34. The van der Waals surface area contributed by atoms with E-state index in [9.17, 15) is 9.59 Å². The second-order valence-electron chi connectivity index (χ2n) is 6.86. The Hall–Kier alpha value is -1.81. The van der Waals surface area contributed by atoms with E-state index in [-0.39, 0.29) is 17.6 Å². The van der Waals surface area contributed by atoms with E-state index in [2.05, 4.69) is 44.1 Å². The van der Waals surface area contributed by atoms with E-state index in [1.165, 1.54) is 11.8 Å². The topological polar surface area (TPSA) is 101 Å². The number of anilines is 1. The number of hydrogen-bond acceptors (Lipinski definition) is 7. The van der Waals surface area contributed by atoms with E-state index in [1.54, 1.807) is 6.92 Å². The van der Waals surface area contributed by atoms with Crippen molar-refractivity contribution < 1.29 is 14.3 Å². The minimum Gasteiger partial charge on any atom is -0.378 e. The third-order valence-corrected chi connectivity index (χ3v) is 4.96. The van der Waals surface area contributed by atoms with Crippen LogP contribution in [0.15, 0.2) is 5.16 Å². The van der Waals surface area contributed by atoms with Gasteiger partial charge in [-0.2, -0.15) is 0 Å². The van der Waals surface area contributed by atoms with Crippen molar-refractivity contribution in [1.29, 1.82) is 0 Å². The molecule has 152 valence electrons. The number of nitrogens with zero attached hydrogens (tertiary/aromatic N) is 4. The van der Waals surface area contributed by atoms with Crippen molar-refractivity contribution in [3.05, 3.63) is 0 Å². The lowest BCUT2D eigenvalue weighted by molar-refractivity contribution is -0.127. The standard InChI is InChI=1S/C17H30N6O3S/c1-5-18-15(25)13(4)19-14(24)11-27-17-21-20-16(23(17)10-12(2)3)22-6-8-26-9-7-22/h12-13H,5-11H2,1-4H3,(H,18,25)(H,19,24)/t13-/m1/s1. The minimum atomic E-state index is -0.560. The summed E-state index contributed by atoms with van der Waals surface area (Å²) < 4.78 is 7.48. The van der Waals surface area contributed by atoms with E-state index in [0.717, 1.165) is 25.6 Å². The van der Waals surface area contributed by atoms with Crippen molar-refractivity contribution in [2.45, 2.75) is 45.4 Å². The van der Waals surface area contributed by atoms with Crippen molar-refractivity contribution in [1.82, 2.24) is 25.4 Å². The SMILES string of the molecule is CCNC(=O)[C@@H](C)NC(=O)CSc1nnc(N2CCOCC2)n1CC(C)C. The number of aromatic nitrogens is 3. The van der Waals surface area contributed by atoms with Crippen LogP contribution in [0.2, 0.25) is 0 Å². The van der Waals surface area contributed by atoms with Crippen LogP contribution in [0, 0.1) is 5.92 Å². The van der Waals surface area contributed by atoms with Crippen LogP contribution in [-0.4, -0.2) is 71.2 Å². The highest BCUT2D eigenvalue weighted by Crippen LogP contribution is 2.24. The van der Waals surface area contributed by atoms with Gasteiger partial charge in [0.1, 0.15) is 6.04 Å². The van der Waals surface area contributed by atoms with Crippen LogP contribution >= 0.6 is 11.8 Å². The van der Waals surface area contributed by atoms with Crippen LogP contribution < -0.4 is 15.5 Å². The number of ether oxygens (including phenoxy) is 1. The predicted molar refractivity (Wildman–Crippen MR) is 105 cm³/mol. The zero-order chi connectivity index (χ0) is 19.8. The highest BCUT2D eigenvalue weighted by molar-refractivity contribution is 7.99. The van der Waals surface area contributed by atoms with E-state index in [0.29, 0.717) is 30.8 Å². The second kappa shape index (κ2) is 10.5. The van der Waals surface area contributed by atoms with Crippen molar-refractivity contribution in [2.75, 3.05) is 43.5 Å². The van der Waals surface area contributed by atoms with Crippen LogP contribution in [0.3, 0.4) is 0 Å². The third-order valence-electron chi connectivity index (χ3n) is 3.99. The summed E-state index contributed by atoms with van der Waals surface area (Å²) in [7, 11) is 0. The molecule has 2 rings (SSSR count). The summed E-state index contributed by atoms with van der Waals surface area (Å²) in [6.45, 7) is 12.0. The lowest BCUT2D eigenvalue weighted by Crippen LogP contribution is -2.45. The summed E-state index contributed by atoms with van der Waals surface area (Å²) in [5.41, 5.74) is 0. The molecular formula is C17H30N6O3S. The lowest BCUT2D eigenvalue weighted by atomic mass is 10.2. The van der Waals surface area contributed by atoms with Crippen molar-refractivity contribution in [3.8, 4) is 0 Å². The van der Waals surface area contributed by atoms with Gasteiger partial charge in [0.2, 0.25) is 17.8 Å². The van der Waals surface area contributed by atoms with Gasteiger partial charge < -0.3 is 20.3 Å². The zero-order valence-electron chi connectivity index (χ0n) is 16.5. The number of nitrogens with one attached hydrogen (secondary N) is 2. The first-order valence-electron chi connectivity index (χ1n) is 9.38. The molecule has 0 spiro atoms. The molecule has 2 amide bonds. The average Bonchev–Trinajstić information content (AvgIpc) is 3.02. The molecule has 10 heteroatoms. The number of thioether (sulfide) groups is 1. The van der Waals surface area contributed by atoms with Gasteiger partial charge in [0.05, 0.1) is 19.0 Å². The van der Waals surface area contributed by atoms with E-state index >= 15 is 0 Å². The number of amides is 2. The molecule has 1 aliphatic rings. The molecule has 0 unspecified atom stereocenters. The van der Waals surface area contributed by atoms with Crippen molar-refractivity contribution in [2.24, 2.45) is 5.92 Å². The molecular weight excluding hydrogens is 368 g/mol. The van der Waals surface area contributed by atoms with Gasteiger partial charge in [0.25, 0.3) is 0 Å². The molecule has 0 aromatic carbocycles. The van der Waals surface area contributed by atoms with Gasteiger partial charge in [0.15, 0.2) is 5.16 Å². The van der Waals surface area contributed by atoms with Crippen LogP contribution in [0.5, 0.6) is 0 Å². The van der Waals surface area contributed by atoms with E-state index < -0.39 is 6.04 Å². The fourth-order valence-electron chi connectivity index (χ4n) is 2.72. The highest BCUT2D eigenvalue weighted by Gasteiger charge is 2.22. The smallest absolute Gasteiger partial charge is 0.242 e. The highest BCUT2D eigenvalue weighted by atomic mass is 32.2.